The molecule has 2 aromatic heterocycles. The van der Waals surface area contributed by atoms with Crippen molar-refractivity contribution in [1.29, 1.82) is 0 Å². The van der Waals surface area contributed by atoms with Crippen molar-refractivity contribution >= 4 is 21.8 Å². The molecule has 9 aromatic carbocycles. The SMILES string of the molecule is CC1(C)c2ccccc2-c2cc(-c3ccc4c(c3)c3ccc(-c5cc(-c6ccccc6)cc(-c6nc(-c7ccccc7)nc(-c7ccccc7)n6)c5)cc3n4-c3ccccc3)ccc21. The Morgan fingerprint density at radius 2 is 0.797 bits per heavy atom. The van der Waals surface area contributed by atoms with Gasteiger partial charge >= 0.3 is 0 Å². The smallest absolute Gasteiger partial charge is 0.164 e. The fourth-order valence-electron chi connectivity index (χ4n) is 9.79. The molecule has 0 aliphatic heterocycles. The molecule has 11 aromatic rings. The Hall–Kier alpha value is -8.21. The highest BCUT2D eigenvalue weighted by Crippen LogP contribution is 2.50. The summed E-state index contributed by atoms with van der Waals surface area (Å²) in [6.45, 7) is 4.68. The zero-order valence-corrected chi connectivity index (χ0v) is 35.6. The Labute approximate surface area is 372 Å². The third kappa shape index (κ3) is 6.34. The lowest BCUT2D eigenvalue weighted by atomic mass is 9.82. The molecule has 0 atom stereocenters. The monoisotopic (exact) mass is 818 g/mol. The highest BCUT2D eigenvalue weighted by atomic mass is 15.0. The Morgan fingerprint density at radius 3 is 1.47 bits per heavy atom. The lowest BCUT2D eigenvalue weighted by Crippen LogP contribution is -2.14. The first-order valence-electron chi connectivity index (χ1n) is 21.9. The summed E-state index contributed by atoms with van der Waals surface area (Å²) in [5.74, 6) is 1.90. The molecule has 0 amide bonds. The van der Waals surface area contributed by atoms with Gasteiger partial charge in [-0.15, -0.1) is 0 Å². The van der Waals surface area contributed by atoms with E-state index in [2.05, 4.69) is 200 Å². The van der Waals surface area contributed by atoms with Gasteiger partial charge in [-0.2, -0.15) is 0 Å². The maximum Gasteiger partial charge on any atom is 0.164 e. The van der Waals surface area contributed by atoms with E-state index in [9.17, 15) is 0 Å². The van der Waals surface area contributed by atoms with Crippen molar-refractivity contribution in [3.63, 3.8) is 0 Å². The third-order valence-electron chi connectivity index (χ3n) is 13.0. The summed E-state index contributed by atoms with van der Waals surface area (Å²) < 4.78 is 2.41. The molecule has 0 spiro atoms. The summed E-state index contributed by atoms with van der Waals surface area (Å²) in [6.07, 6.45) is 0. The Morgan fingerprint density at radius 1 is 0.312 bits per heavy atom. The molecule has 0 unspecified atom stereocenters. The predicted octanol–water partition coefficient (Wildman–Crippen LogP) is 15.3. The summed E-state index contributed by atoms with van der Waals surface area (Å²) in [4.78, 5) is 15.3. The number of fused-ring (bicyclic) bond motifs is 6. The largest absolute Gasteiger partial charge is 0.309 e. The van der Waals surface area contributed by atoms with Crippen LogP contribution in [0.25, 0.3) is 106 Å². The standard InChI is InChI=1S/C60H42N4/c1-60(2)53-26-16-15-25-49(53)51-36-42(28-31-54(51)60)43-29-32-55-52(37-43)50-30-27-44(38-56(50)64(55)48-23-13-6-14-24-48)46-33-45(39-17-7-3-8-18-39)34-47(35-46)59-62-57(40-19-9-4-10-20-40)61-58(63-59)41-21-11-5-12-22-41/h3-38H,1-2H3. The van der Waals surface area contributed by atoms with Crippen molar-refractivity contribution in [2.45, 2.75) is 19.3 Å². The zero-order chi connectivity index (χ0) is 42.8. The predicted molar refractivity (Wildman–Crippen MR) is 264 cm³/mol. The first-order valence-corrected chi connectivity index (χ1v) is 21.9. The minimum atomic E-state index is -0.0296. The maximum absolute atomic E-state index is 5.15. The van der Waals surface area contributed by atoms with Gasteiger partial charge in [0.05, 0.1) is 11.0 Å². The molecular formula is C60H42N4. The van der Waals surface area contributed by atoms with E-state index in [4.69, 9.17) is 15.0 Å². The molecule has 64 heavy (non-hydrogen) atoms. The number of nitrogens with zero attached hydrogens (tertiary/aromatic N) is 4. The average molecular weight is 819 g/mol. The van der Waals surface area contributed by atoms with Gasteiger partial charge in [0.2, 0.25) is 0 Å². The topological polar surface area (TPSA) is 43.6 Å². The van der Waals surface area contributed by atoms with Gasteiger partial charge in [0.15, 0.2) is 17.5 Å². The van der Waals surface area contributed by atoms with Crippen molar-refractivity contribution in [3.05, 3.63) is 230 Å². The number of aromatic nitrogens is 4. The first-order chi connectivity index (χ1) is 31.5. The minimum Gasteiger partial charge on any atom is -0.309 e. The van der Waals surface area contributed by atoms with Gasteiger partial charge in [0.25, 0.3) is 0 Å². The van der Waals surface area contributed by atoms with Crippen molar-refractivity contribution in [1.82, 2.24) is 19.5 Å². The van der Waals surface area contributed by atoms with Crippen LogP contribution in [0, 0.1) is 0 Å². The molecular weight excluding hydrogens is 777 g/mol. The van der Waals surface area contributed by atoms with Crippen LogP contribution in [-0.2, 0) is 5.41 Å². The van der Waals surface area contributed by atoms with Crippen LogP contribution in [0.5, 0.6) is 0 Å². The second kappa shape index (κ2) is 15.0. The molecule has 4 nitrogen and oxygen atoms in total. The van der Waals surface area contributed by atoms with Gasteiger partial charge in [0, 0.05) is 38.6 Å². The van der Waals surface area contributed by atoms with E-state index in [-0.39, 0.29) is 5.41 Å². The van der Waals surface area contributed by atoms with Gasteiger partial charge in [0.1, 0.15) is 0 Å². The molecule has 302 valence electrons. The van der Waals surface area contributed by atoms with Gasteiger partial charge in [-0.1, -0.05) is 178 Å². The van der Waals surface area contributed by atoms with E-state index in [0.717, 1.165) is 50.1 Å². The van der Waals surface area contributed by atoms with Crippen LogP contribution < -0.4 is 0 Å². The number of hydrogen-bond donors (Lipinski definition) is 0. The van der Waals surface area contributed by atoms with Gasteiger partial charge in [-0.3, -0.25) is 0 Å². The molecule has 0 fully saturated rings. The third-order valence-corrected chi connectivity index (χ3v) is 13.0. The van der Waals surface area contributed by atoms with Crippen LogP contribution in [0.2, 0.25) is 0 Å². The minimum absolute atomic E-state index is 0.0296. The van der Waals surface area contributed by atoms with E-state index >= 15 is 0 Å². The summed E-state index contributed by atoms with van der Waals surface area (Å²) in [6, 6.07) is 78.1. The van der Waals surface area contributed by atoms with E-state index in [1.165, 1.54) is 49.7 Å². The van der Waals surface area contributed by atoms with Gasteiger partial charge in [-0.25, -0.2) is 15.0 Å². The zero-order valence-electron chi connectivity index (χ0n) is 35.6. The van der Waals surface area contributed by atoms with E-state index < -0.39 is 0 Å². The molecule has 4 heteroatoms. The van der Waals surface area contributed by atoms with E-state index in [0.29, 0.717) is 17.5 Å². The van der Waals surface area contributed by atoms with Crippen LogP contribution in [0.1, 0.15) is 25.0 Å². The summed E-state index contributed by atoms with van der Waals surface area (Å²) in [5, 5.41) is 2.42. The fraction of sp³-hybridized carbons (Fsp3) is 0.0500. The number of para-hydroxylation sites is 1. The number of benzene rings is 9. The van der Waals surface area contributed by atoms with Crippen molar-refractivity contribution in [3.8, 4) is 84.4 Å². The second-order valence-electron chi connectivity index (χ2n) is 17.3. The van der Waals surface area contributed by atoms with Crippen LogP contribution in [0.15, 0.2) is 218 Å². The highest BCUT2D eigenvalue weighted by Gasteiger charge is 2.35. The molecule has 2 heterocycles. The molecule has 0 N–H and O–H groups in total. The molecule has 0 saturated heterocycles. The number of rotatable bonds is 7. The molecule has 0 radical (unpaired) electrons. The van der Waals surface area contributed by atoms with Crippen LogP contribution in [0.3, 0.4) is 0 Å². The highest BCUT2D eigenvalue weighted by molar-refractivity contribution is 6.11. The summed E-state index contributed by atoms with van der Waals surface area (Å²) >= 11 is 0. The quantitative estimate of drug-likeness (QED) is 0.161. The van der Waals surface area contributed by atoms with Crippen LogP contribution in [-0.4, -0.2) is 19.5 Å². The Bertz CT molecular complexity index is 3500. The Kier molecular flexibility index (Phi) is 8.80. The van der Waals surface area contributed by atoms with Gasteiger partial charge < -0.3 is 4.57 Å². The van der Waals surface area contributed by atoms with E-state index in [1.54, 1.807) is 0 Å². The molecule has 1 aliphatic rings. The molecule has 12 rings (SSSR count). The lowest BCUT2D eigenvalue weighted by molar-refractivity contribution is 0.660. The lowest BCUT2D eigenvalue weighted by Gasteiger charge is -2.21. The van der Waals surface area contributed by atoms with Crippen molar-refractivity contribution in [2.24, 2.45) is 0 Å². The Balaban J connectivity index is 1.04. The molecule has 0 bridgehead atoms. The second-order valence-corrected chi connectivity index (χ2v) is 17.3. The molecule has 1 aliphatic carbocycles. The first kappa shape index (κ1) is 37.5. The number of hydrogen-bond acceptors (Lipinski definition) is 3. The van der Waals surface area contributed by atoms with Crippen LogP contribution >= 0.6 is 0 Å². The fourth-order valence-corrected chi connectivity index (χ4v) is 9.79. The summed E-state index contributed by atoms with van der Waals surface area (Å²) in [5.41, 5.74) is 18.5. The van der Waals surface area contributed by atoms with Crippen LogP contribution in [0.4, 0.5) is 0 Å². The maximum atomic E-state index is 5.15. The average Bonchev–Trinajstić information content (AvgIpc) is 3.81. The normalized spacial score (nSPS) is 12.7. The molecule has 0 saturated carbocycles. The van der Waals surface area contributed by atoms with Gasteiger partial charge in [-0.05, 0) is 110 Å². The van der Waals surface area contributed by atoms with Crippen molar-refractivity contribution < 1.29 is 0 Å². The summed E-state index contributed by atoms with van der Waals surface area (Å²) in [7, 11) is 0. The van der Waals surface area contributed by atoms with E-state index in [1.807, 2.05) is 36.4 Å². The van der Waals surface area contributed by atoms with Crippen molar-refractivity contribution in [2.75, 3.05) is 0 Å².